The first-order valence-electron chi connectivity index (χ1n) is 2.24. The molecule has 0 bridgehead atoms. The van der Waals surface area contributed by atoms with Gasteiger partial charge in [-0.05, 0) is 0 Å². The summed E-state index contributed by atoms with van der Waals surface area (Å²) in [5.74, 6) is -4.12. The van der Waals surface area contributed by atoms with Crippen LogP contribution in [0.15, 0.2) is 0 Å². The Morgan fingerprint density at radius 3 is 1.27 bits per heavy atom. The number of aliphatic hydroxyl groups excluding tert-OH is 2. The van der Waals surface area contributed by atoms with Crippen LogP contribution in [0.4, 0.5) is 0 Å². The topological polar surface area (TPSA) is 121 Å². The maximum absolute atomic E-state index is 9.63. The van der Waals surface area contributed by atoms with Gasteiger partial charge < -0.3 is 30.0 Å². The number of carbonyl (C=O) groups is 2. The van der Waals surface area contributed by atoms with Crippen LogP contribution in [-0.2, 0) is 9.59 Å². The van der Waals surface area contributed by atoms with Gasteiger partial charge in [0.1, 0.15) is 12.2 Å². The summed E-state index contributed by atoms with van der Waals surface area (Å²) < 4.78 is 0. The van der Waals surface area contributed by atoms with E-state index in [2.05, 4.69) is 0 Å². The SMILES string of the molecule is O=C([O-])[C@@H](O)[C@@H](O)C(=O)[O-].[Sr+2]. The molecule has 0 aliphatic carbocycles. The monoisotopic (exact) mass is 236 g/mol. The van der Waals surface area contributed by atoms with Gasteiger partial charge in [-0.25, -0.2) is 0 Å². The fourth-order valence-corrected chi connectivity index (χ4v) is 0.258. The third-order valence-corrected chi connectivity index (χ3v) is 0.782. The maximum Gasteiger partial charge on any atom is 2.00 e. The molecule has 11 heavy (non-hydrogen) atoms. The molecule has 0 rings (SSSR count). The summed E-state index contributed by atoms with van der Waals surface area (Å²) in [5, 5.41) is 35.7. The van der Waals surface area contributed by atoms with Crippen molar-refractivity contribution in [1.29, 1.82) is 0 Å². The third kappa shape index (κ3) is 4.72. The first kappa shape index (κ1) is 13.9. The van der Waals surface area contributed by atoms with Crippen molar-refractivity contribution in [3.63, 3.8) is 0 Å². The Morgan fingerprint density at radius 2 is 1.18 bits per heavy atom. The van der Waals surface area contributed by atoms with E-state index < -0.39 is 24.1 Å². The van der Waals surface area contributed by atoms with Crippen molar-refractivity contribution in [1.82, 2.24) is 0 Å². The van der Waals surface area contributed by atoms with Crippen LogP contribution in [0.2, 0.25) is 0 Å². The molecule has 0 saturated heterocycles. The van der Waals surface area contributed by atoms with Crippen molar-refractivity contribution in [2.45, 2.75) is 12.2 Å². The van der Waals surface area contributed by atoms with E-state index in [0.717, 1.165) is 0 Å². The smallest absolute Gasteiger partial charge is 0.547 e. The largest absolute Gasteiger partial charge is 2.00 e. The first-order chi connectivity index (χ1) is 4.46. The van der Waals surface area contributed by atoms with Crippen LogP contribution in [0.1, 0.15) is 0 Å². The van der Waals surface area contributed by atoms with Crippen LogP contribution in [0.5, 0.6) is 0 Å². The molecule has 0 unspecified atom stereocenters. The molecule has 0 aliphatic heterocycles. The van der Waals surface area contributed by atoms with Gasteiger partial charge in [0.05, 0.1) is 11.9 Å². The average Bonchev–Trinajstić information content (AvgIpc) is 1.84. The number of hydrogen-bond donors (Lipinski definition) is 2. The molecule has 0 aromatic heterocycles. The summed E-state index contributed by atoms with van der Waals surface area (Å²) >= 11 is 0. The second-order valence-electron chi connectivity index (χ2n) is 1.53. The molecular weight excluding hydrogens is 232 g/mol. The van der Waals surface area contributed by atoms with E-state index >= 15 is 0 Å². The predicted molar refractivity (Wildman–Crippen MR) is 27.8 cm³/mol. The van der Waals surface area contributed by atoms with Crippen molar-refractivity contribution in [2.75, 3.05) is 0 Å². The molecule has 58 valence electrons. The zero-order valence-electron chi connectivity index (χ0n) is 5.39. The van der Waals surface area contributed by atoms with Crippen molar-refractivity contribution in [2.24, 2.45) is 0 Å². The molecule has 2 atom stereocenters. The van der Waals surface area contributed by atoms with E-state index in [1.807, 2.05) is 0 Å². The van der Waals surface area contributed by atoms with Gasteiger partial charge in [0.15, 0.2) is 0 Å². The van der Waals surface area contributed by atoms with Crippen molar-refractivity contribution in [3.8, 4) is 0 Å². The minimum absolute atomic E-state index is 0. The molecule has 0 aliphatic rings. The van der Waals surface area contributed by atoms with Gasteiger partial charge in [-0.2, -0.15) is 0 Å². The normalized spacial score (nSPS) is 14.4. The summed E-state index contributed by atoms with van der Waals surface area (Å²) in [6.07, 6.45) is -4.88. The molecule has 0 radical (unpaired) electrons. The van der Waals surface area contributed by atoms with Crippen LogP contribution in [-0.4, -0.2) is 79.8 Å². The Bertz CT molecular complexity index is 139. The fraction of sp³-hybridized carbons (Fsp3) is 0.500. The third-order valence-electron chi connectivity index (χ3n) is 0.782. The maximum atomic E-state index is 9.63. The van der Waals surface area contributed by atoms with E-state index in [1.165, 1.54) is 0 Å². The van der Waals surface area contributed by atoms with Crippen molar-refractivity contribution in [3.05, 3.63) is 0 Å². The Labute approximate surface area is 98.7 Å². The van der Waals surface area contributed by atoms with Crippen molar-refractivity contribution >= 4 is 57.4 Å². The van der Waals surface area contributed by atoms with E-state index in [1.54, 1.807) is 0 Å². The van der Waals surface area contributed by atoms with Gasteiger partial charge >= 0.3 is 45.5 Å². The average molecular weight is 236 g/mol. The molecule has 6 nitrogen and oxygen atoms in total. The van der Waals surface area contributed by atoms with Gasteiger partial charge in [-0.15, -0.1) is 0 Å². The standard InChI is InChI=1S/C4H6O6.Sr/c5-1(3(7)8)2(6)4(9)10;/h1-2,5-6H,(H,7,8)(H,9,10);/q;+2/p-2/t1-,2+;. The molecule has 0 heterocycles. The fourth-order valence-electron chi connectivity index (χ4n) is 0.258. The van der Waals surface area contributed by atoms with Crippen molar-refractivity contribution < 1.29 is 30.0 Å². The van der Waals surface area contributed by atoms with Crippen LogP contribution < -0.4 is 10.2 Å². The number of carboxylic acid groups (broad SMARTS) is 2. The van der Waals surface area contributed by atoms with Crippen LogP contribution in [0.25, 0.3) is 0 Å². The van der Waals surface area contributed by atoms with Crippen LogP contribution >= 0.6 is 0 Å². The van der Waals surface area contributed by atoms with Gasteiger partial charge in [-0.1, -0.05) is 0 Å². The number of hydrogen-bond acceptors (Lipinski definition) is 6. The summed E-state index contributed by atoms with van der Waals surface area (Å²) in [7, 11) is 0. The second kappa shape index (κ2) is 5.92. The summed E-state index contributed by atoms with van der Waals surface area (Å²) in [6.45, 7) is 0. The number of carboxylic acids is 2. The Morgan fingerprint density at radius 1 is 1.00 bits per heavy atom. The molecule has 0 aromatic rings. The summed E-state index contributed by atoms with van der Waals surface area (Å²) in [5.41, 5.74) is 0. The van der Waals surface area contributed by atoms with E-state index in [-0.39, 0.29) is 45.5 Å². The zero-order valence-corrected chi connectivity index (χ0v) is 8.87. The van der Waals surface area contributed by atoms with Gasteiger partial charge in [0, 0.05) is 0 Å². The molecule has 2 N–H and O–H groups in total. The Hall–Kier alpha value is 0.341. The molecule has 7 heteroatoms. The van der Waals surface area contributed by atoms with E-state index in [0.29, 0.717) is 0 Å². The number of aliphatic carboxylic acids is 2. The number of rotatable bonds is 3. The number of carbonyl (C=O) groups excluding carboxylic acids is 2. The van der Waals surface area contributed by atoms with Gasteiger partial charge in [0.25, 0.3) is 0 Å². The van der Waals surface area contributed by atoms with Crippen LogP contribution in [0.3, 0.4) is 0 Å². The molecule has 0 saturated carbocycles. The van der Waals surface area contributed by atoms with E-state index in [9.17, 15) is 19.8 Å². The summed E-state index contributed by atoms with van der Waals surface area (Å²) in [4.78, 5) is 19.3. The molecule has 0 amide bonds. The minimum Gasteiger partial charge on any atom is -0.547 e. The molecular formula is C4H4O6Sr. The molecule has 0 aromatic carbocycles. The molecule has 0 fully saturated rings. The summed E-state index contributed by atoms with van der Waals surface area (Å²) in [6, 6.07) is 0. The first-order valence-corrected chi connectivity index (χ1v) is 2.24. The Kier molecular flexibility index (Phi) is 7.49. The van der Waals surface area contributed by atoms with E-state index in [4.69, 9.17) is 10.2 Å². The predicted octanol–water partition coefficient (Wildman–Crippen LogP) is -5.17. The van der Waals surface area contributed by atoms with Crippen LogP contribution in [0, 0.1) is 0 Å². The van der Waals surface area contributed by atoms with Gasteiger partial charge in [0.2, 0.25) is 0 Å². The molecule has 0 spiro atoms. The minimum atomic E-state index is -2.44. The number of aliphatic hydroxyl groups is 2. The zero-order chi connectivity index (χ0) is 8.31. The van der Waals surface area contributed by atoms with Gasteiger partial charge in [-0.3, -0.25) is 0 Å². The second-order valence-corrected chi connectivity index (χ2v) is 1.53. The Balaban J connectivity index is 0. The quantitative estimate of drug-likeness (QED) is 0.472.